The number of hydrogen-bond donors (Lipinski definition) is 2. The summed E-state index contributed by atoms with van der Waals surface area (Å²) in [6.45, 7) is -0.337. The summed E-state index contributed by atoms with van der Waals surface area (Å²) in [5.41, 5.74) is 5.88. The first-order valence-electron chi connectivity index (χ1n) is 4.24. The van der Waals surface area contributed by atoms with Crippen molar-refractivity contribution in [2.75, 3.05) is 18.1 Å². The van der Waals surface area contributed by atoms with Crippen molar-refractivity contribution in [1.82, 2.24) is 0 Å². The van der Waals surface area contributed by atoms with Crippen LogP contribution in [-0.2, 0) is 25.4 Å². The molecule has 0 bridgehead atoms. The topological polar surface area (TPSA) is 107 Å². The average molecular weight is 265 g/mol. The monoisotopic (exact) mass is 265 g/mol. The third kappa shape index (κ3) is 3.89. The Labute approximate surface area is 95.8 Å². The molecule has 0 amide bonds. The summed E-state index contributed by atoms with van der Waals surface area (Å²) < 4.78 is 45.9. The highest BCUT2D eigenvalue weighted by Gasteiger charge is 2.14. The molecule has 1 aromatic rings. The van der Waals surface area contributed by atoms with Gasteiger partial charge in [-0.2, -0.15) is 4.21 Å². The van der Waals surface area contributed by atoms with Gasteiger partial charge in [0.2, 0.25) is 0 Å². The predicted molar refractivity (Wildman–Crippen MR) is 59.6 cm³/mol. The molecule has 1 aromatic carbocycles. The lowest BCUT2D eigenvalue weighted by molar-refractivity contribution is 0.326. The van der Waals surface area contributed by atoms with Crippen LogP contribution < -0.4 is 5.73 Å². The quantitative estimate of drug-likeness (QED) is 0.581. The summed E-state index contributed by atoms with van der Waals surface area (Å²) in [6.07, 6.45) is 0. The van der Waals surface area contributed by atoms with Gasteiger partial charge < -0.3 is 5.73 Å². The van der Waals surface area contributed by atoms with E-state index in [1.54, 1.807) is 0 Å². The van der Waals surface area contributed by atoms with Gasteiger partial charge in [-0.05, 0) is 24.3 Å². The molecule has 0 heterocycles. The van der Waals surface area contributed by atoms with Gasteiger partial charge in [-0.25, -0.2) is 8.42 Å². The first kappa shape index (κ1) is 13.1. The lowest BCUT2D eigenvalue weighted by Crippen LogP contribution is -2.13. The van der Waals surface area contributed by atoms with Crippen LogP contribution in [0.3, 0.4) is 0 Å². The molecule has 8 heteroatoms. The zero-order chi connectivity index (χ0) is 12.2. The fourth-order valence-electron chi connectivity index (χ4n) is 1.01. The molecule has 3 N–H and O–H groups in total. The molecule has 1 atom stereocenters. The molecular formula is C8H11NO5S2. The van der Waals surface area contributed by atoms with Gasteiger partial charge in [-0.1, -0.05) is 0 Å². The number of nitrogen functional groups attached to an aromatic ring is 1. The molecule has 0 aliphatic carbocycles. The molecule has 0 aliphatic heterocycles. The zero-order valence-corrected chi connectivity index (χ0v) is 9.83. The smallest absolute Gasteiger partial charge is 0.301 e. The van der Waals surface area contributed by atoms with E-state index in [1.807, 2.05) is 0 Å². The lowest BCUT2D eigenvalue weighted by atomic mass is 10.3. The van der Waals surface area contributed by atoms with Crippen molar-refractivity contribution in [2.45, 2.75) is 4.90 Å². The zero-order valence-electron chi connectivity index (χ0n) is 8.20. The maximum atomic E-state index is 11.6. The Kier molecular flexibility index (Phi) is 4.42. The molecule has 0 fully saturated rings. The van der Waals surface area contributed by atoms with Crippen LogP contribution in [0.1, 0.15) is 0 Å². The summed E-state index contributed by atoms with van der Waals surface area (Å²) in [5, 5.41) is 0. The van der Waals surface area contributed by atoms with Gasteiger partial charge in [0, 0.05) is 5.69 Å². The van der Waals surface area contributed by atoms with Gasteiger partial charge in [-0.3, -0.25) is 8.74 Å². The molecule has 1 unspecified atom stereocenters. The third-order valence-corrected chi connectivity index (χ3v) is 3.84. The van der Waals surface area contributed by atoms with Crippen molar-refractivity contribution >= 4 is 26.9 Å². The Hall–Kier alpha value is -0.960. The highest BCUT2D eigenvalue weighted by atomic mass is 32.2. The van der Waals surface area contributed by atoms with Gasteiger partial charge in [0.15, 0.2) is 9.84 Å². The first-order valence-corrected chi connectivity index (χ1v) is 6.92. The Morgan fingerprint density at radius 1 is 1.31 bits per heavy atom. The number of nitrogens with two attached hydrogens (primary N) is 1. The minimum atomic E-state index is -3.50. The van der Waals surface area contributed by atoms with E-state index in [0.29, 0.717) is 5.69 Å². The van der Waals surface area contributed by atoms with Crippen LogP contribution in [0.15, 0.2) is 29.2 Å². The summed E-state index contributed by atoms with van der Waals surface area (Å²) in [7, 11) is -3.50. The van der Waals surface area contributed by atoms with E-state index in [0.717, 1.165) is 0 Å². The summed E-state index contributed by atoms with van der Waals surface area (Å²) in [4.78, 5) is 0.106. The number of benzene rings is 1. The van der Waals surface area contributed by atoms with Gasteiger partial charge in [0.25, 0.3) is 0 Å². The van der Waals surface area contributed by atoms with E-state index < -0.39 is 21.2 Å². The molecule has 0 saturated heterocycles. The number of hydrogen-bond acceptors (Lipinski definition) is 5. The van der Waals surface area contributed by atoms with Gasteiger partial charge in [-0.15, -0.1) is 0 Å². The fourth-order valence-corrected chi connectivity index (χ4v) is 2.43. The van der Waals surface area contributed by atoms with Crippen molar-refractivity contribution in [3.8, 4) is 0 Å². The van der Waals surface area contributed by atoms with Crippen molar-refractivity contribution < 1.29 is 21.4 Å². The van der Waals surface area contributed by atoms with Gasteiger partial charge >= 0.3 is 11.4 Å². The maximum absolute atomic E-state index is 11.6. The molecule has 16 heavy (non-hydrogen) atoms. The normalized spacial score (nSPS) is 13.6. The Morgan fingerprint density at radius 2 is 1.88 bits per heavy atom. The van der Waals surface area contributed by atoms with Gasteiger partial charge in [0.05, 0.1) is 17.3 Å². The van der Waals surface area contributed by atoms with E-state index in [-0.39, 0.29) is 17.3 Å². The molecule has 0 aliphatic rings. The molecule has 90 valence electrons. The molecule has 0 aromatic heterocycles. The summed E-state index contributed by atoms with van der Waals surface area (Å²) >= 11 is -2.44. The van der Waals surface area contributed by atoms with Crippen LogP contribution in [-0.4, -0.2) is 29.5 Å². The Morgan fingerprint density at radius 3 is 2.38 bits per heavy atom. The molecule has 0 radical (unpaired) electrons. The highest BCUT2D eigenvalue weighted by molar-refractivity contribution is 7.91. The fraction of sp³-hybridized carbons (Fsp3) is 0.250. The molecule has 6 nitrogen and oxygen atoms in total. The van der Waals surface area contributed by atoms with Crippen LogP contribution in [0, 0.1) is 0 Å². The minimum absolute atomic E-state index is 0.106. The standard InChI is InChI=1S/C8H11NO5S2/c9-7-1-3-8(4-2-7)16(12,13)6-5-14-15(10)11/h1-4H,5-6,9H2,(H,10,11). The molecule has 1 rings (SSSR count). The van der Waals surface area contributed by atoms with Crippen molar-refractivity contribution in [2.24, 2.45) is 0 Å². The number of anilines is 1. The second kappa shape index (κ2) is 5.39. The van der Waals surface area contributed by atoms with E-state index >= 15 is 0 Å². The van der Waals surface area contributed by atoms with Gasteiger partial charge in [0.1, 0.15) is 0 Å². The van der Waals surface area contributed by atoms with E-state index in [4.69, 9.17) is 10.3 Å². The van der Waals surface area contributed by atoms with Crippen molar-refractivity contribution in [3.63, 3.8) is 0 Å². The van der Waals surface area contributed by atoms with E-state index in [1.165, 1.54) is 24.3 Å². The Balaban J connectivity index is 2.71. The number of sulfone groups is 1. The highest BCUT2D eigenvalue weighted by Crippen LogP contribution is 2.13. The second-order valence-corrected chi connectivity index (χ2v) is 5.71. The maximum Gasteiger partial charge on any atom is 0.301 e. The van der Waals surface area contributed by atoms with Crippen LogP contribution in [0.5, 0.6) is 0 Å². The minimum Gasteiger partial charge on any atom is -0.399 e. The molecular weight excluding hydrogens is 254 g/mol. The van der Waals surface area contributed by atoms with E-state index in [9.17, 15) is 12.6 Å². The lowest BCUT2D eigenvalue weighted by Gasteiger charge is -2.03. The van der Waals surface area contributed by atoms with Crippen LogP contribution >= 0.6 is 0 Å². The summed E-state index contributed by atoms with van der Waals surface area (Å²) in [6, 6.07) is 5.69. The van der Waals surface area contributed by atoms with Crippen LogP contribution in [0.25, 0.3) is 0 Å². The molecule has 0 spiro atoms. The summed E-state index contributed by atoms with van der Waals surface area (Å²) in [5.74, 6) is -0.358. The van der Waals surface area contributed by atoms with Crippen LogP contribution in [0.4, 0.5) is 5.69 Å². The van der Waals surface area contributed by atoms with Crippen molar-refractivity contribution in [3.05, 3.63) is 24.3 Å². The van der Waals surface area contributed by atoms with Crippen molar-refractivity contribution in [1.29, 1.82) is 0 Å². The first-order chi connectivity index (χ1) is 7.42. The average Bonchev–Trinajstić information content (AvgIpc) is 2.17. The predicted octanol–water partition coefficient (Wildman–Crippen LogP) is 0.196. The Bertz CT molecular complexity index is 468. The SMILES string of the molecule is Nc1ccc(S(=O)(=O)CCOS(=O)O)cc1. The second-order valence-electron chi connectivity index (χ2n) is 2.93. The number of rotatable bonds is 5. The van der Waals surface area contributed by atoms with Crippen LogP contribution in [0.2, 0.25) is 0 Å². The van der Waals surface area contributed by atoms with E-state index in [2.05, 4.69) is 4.18 Å². The third-order valence-electron chi connectivity index (χ3n) is 1.78. The largest absolute Gasteiger partial charge is 0.399 e. The molecule has 0 saturated carbocycles.